The Morgan fingerprint density at radius 3 is 1.79 bits per heavy atom. The molecular weight excluding hydrogens is 432 g/mol. The zero-order valence-corrected chi connectivity index (χ0v) is 18.8. The highest BCUT2D eigenvalue weighted by molar-refractivity contribution is 5.87. The Morgan fingerprint density at radius 2 is 1.24 bits per heavy atom. The van der Waals surface area contributed by atoms with Crippen molar-refractivity contribution in [2.45, 2.75) is 44.9 Å². The molecule has 3 aromatic rings. The molecule has 4 aliphatic rings. The maximum Gasteiger partial charge on any atom is 0.301 e. The summed E-state index contributed by atoms with van der Waals surface area (Å²) in [6.45, 7) is 0. The van der Waals surface area contributed by atoms with Crippen LogP contribution < -0.4 is 5.43 Å². The lowest BCUT2D eigenvalue weighted by atomic mass is 9.97. The number of benzene rings is 3. The molecule has 0 radical (unpaired) electrons. The first-order valence-electron chi connectivity index (χ1n) is 11.4. The molecule has 4 bridgehead atoms. The van der Waals surface area contributed by atoms with Gasteiger partial charge in [-0.25, -0.2) is 0 Å². The monoisotopic (exact) mass is 458 g/mol. The fourth-order valence-corrected chi connectivity index (χ4v) is 4.08. The van der Waals surface area contributed by atoms with Gasteiger partial charge in [0, 0.05) is 18.2 Å². The number of non-ortho nitro benzene ring substituents is 1. The molecule has 0 amide bonds. The van der Waals surface area contributed by atoms with Crippen molar-refractivity contribution in [3.05, 3.63) is 109 Å². The molecule has 0 aromatic heterocycles. The number of nitrogens with one attached hydrogen (secondary N) is 1. The van der Waals surface area contributed by atoms with Crippen molar-refractivity contribution in [2.24, 2.45) is 5.10 Å². The summed E-state index contributed by atoms with van der Waals surface area (Å²) in [5.74, 6) is 0. The molecule has 0 saturated heterocycles. The summed E-state index contributed by atoms with van der Waals surface area (Å²) >= 11 is 0. The van der Waals surface area contributed by atoms with Gasteiger partial charge in [-0.1, -0.05) is 48.5 Å². The Bertz CT molecular complexity index is 1200. The van der Waals surface area contributed by atoms with E-state index in [4.69, 9.17) is 0 Å². The summed E-state index contributed by atoms with van der Waals surface area (Å²) < 4.78 is 0. The van der Waals surface area contributed by atoms with E-state index >= 15 is 0 Å². The van der Waals surface area contributed by atoms with Crippen LogP contribution in [0.2, 0.25) is 0 Å². The van der Waals surface area contributed by atoms with Gasteiger partial charge in [0.2, 0.25) is 0 Å². The SMILES string of the molecule is O=[N+]([O-])c1ccc(NN=C2CCc3ccc(cc3)CCCCc3ccc(cc3)C2)c([N+](=O)[O-])c1. The first-order chi connectivity index (χ1) is 16.5. The fourth-order valence-electron chi connectivity index (χ4n) is 4.08. The number of hydrazone groups is 1. The third-order valence-corrected chi connectivity index (χ3v) is 6.06. The van der Waals surface area contributed by atoms with Gasteiger partial charge in [-0.3, -0.25) is 25.7 Å². The second-order valence-electron chi connectivity index (χ2n) is 8.52. The molecule has 4 aliphatic carbocycles. The number of rotatable bonds is 4. The first-order valence-corrected chi connectivity index (χ1v) is 11.4. The van der Waals surface area contributed by atoms with Crippen molar-refractivity contribution >= 4 is 22.8 Å². The van der Waals surface area contributed by atoms with Crippen LogP contribution in [0, 0.1) is 20.2 Å². The number of hydrogen-bond acceptors (Lipinski definition) is 6. The van der Waals surface area contributed by atoms with Crippen molar-refractivity contribution in [2.75, 3.05) is 5.43 Å². The highest BCUT2D eigenvalue weighted by atomic mass is 16.6. The van der Waals surface area contributed by atoms with Gasteiger partial charge >= 0.3 is 5.69 Å². The van der Waals surface area contributed by atoms with Gasteiger partial charge in [0.25, 0.3) is 5.69 Å². The highest BCUT2D eigenvalue weighted by Crippen LogP contribution is 2.29. The lowest BCUT2D eigenvalue weighted by Crippen LogP contribution is -2.09. The third kappa shape index (κ3) is 6.04. The zero-order valence-electron chi connectivity index (χ0n) is 18.8. The van der Waals surface area contributed by atoms with Crippen molar-refractivity contribution in [1.29, 1.82) is 0 Å². The van der Waals surface area contributed by atoms with Gasteiger partial charge < -0.3 is 0 Å². The van der Waals surface area contributed by atoms with Crippen molar-refractivity contribution < 1.29 is 9.85 Å². The lowest BCUT2D eigenvalue weighted by Gasteiger charge is -2.11. The lowest BCUT2D eigenvalue weighted by molar-refractivity contribution is -0.393. The van der Waals surface area contributed by atoms with E-state index in [0.29, 0.717) is 12.8 Å². The number of aryl methyl sites for hydroxylation is 3. The Hall–Kier alpha value is -4.07. The van der Waals surface area contributed by atoms with Crippen LogP contribution in [0.25, 0.3) is 0 Å². The molecule has 8 heteroatoms. The largest absolute Gasteiger partial charge is 0.301 e. The van der Waals surface area contributed by atoms with Crippen LogP contribution in [0.15, 0.2) is 71.8 Å². The Morgan fingerprint density at radius 1 is 0.676 bits per heavy atom. The van der Waals surface area contributed by atoms with E-state index in [1.54, 1.807) is 0 Å². The molecule has 34 heavy (non-hydrogen) atoms. The predicted molar refractivity (Wildman–Crippen MR) is 132 cm³/mol. The van der Waals surface area contributed by atoms with Gasteiger partial charge in [0.05, 0.1) is 15.9 Å². The average molecular weight is 459 g/mol. The van der Waals surface area contributed by atoms with Crippen LogP contribution in [-0.2, 0) is 25.7 Å². The van der Waals surface area contributed by atoms with E-state index in [2.05, 4.69) is 59.1 Å². The summed E-state index contributed by atoms with van der Waals surface area (Å²) in [7, 11) is 0. The first kappa shape index (κ1) is 23.1. The summed E-state index contributed by atoms with van der Waals surface area (Å²) in [5, 5.41) is 27.0. The molecule has 0 spiro atoms. The number of nitro benzene ring substituents is 2. The van der Waals surface area contributed by atoms with Gasteiger partial charge in [0.15, 0.2) is 0 Å². The van der Waals surface area contributed by atoms with Crippen LogP contribution in [0.5, 0.6) is 0 Å². The molecular formula is C26H26N4O4. The maximum absolute atomic E-state index is 11.5. The van der Waals surface area contributed by atoms with E-state index in [0.717, 1.165) is 43.0 Å². The van der Waals surface area contributed by atoms with Gasteiger partial charge in [-0.15, -0.1) is 0 Å². The summed E-state index contributed by atoms with van der Waals surface area (Å²) in [6, 6.07) is 20.7. The van der Waals surface area contributed by atoms with Gasteiger partial charge in [0.1, 0.15) is 5.69 Å². The van der Waals surface area contributed by atoms with Crippen LogP contribution in [-0.4, -0.2) is 15.6 Å². The fraction of sp³-hybridized carbons (Fsp3) is 0.269. The summed E-state index contributed by atoms with van der Waals surface area (Å²) in [4.78, 5) is 21.2. The summed E-state index contributed by atoms with van der Waals surface area (Å²) in [6.07, 6.45) is 6.50. The minimum absolute atomic E-state index is 0.120. The van der Waals surface area contributed by atoms with Gasteiger partial charge in [-0.2, -0.15) is 5.10 Å². The zero-order chi connectivity index (χ0) is 23.9. The quantitative estimate of drug-likeness (QED) is 0.379. The van der Waals surface area contributed by atoms with E-state index in [1.807, 2.05) is 0 Å². The minimum atomic E-state index is -0.653. The molecule has 0 saturated carbocycles. The molecule has 8 nitrogen and oxygen atoms in total. The molecule has 1 N–H and O–H groups in total. The Labute approximate surface area is 197 Å². The third-order valence-electron chi connectivity index (χ3n) is 6.06. The van der Waals surface area contributed by atoms with Gasteiger partial charge in [-0.05, 0) is 66.8 Å². The van der Waals surface area contributed by atoms with Crippen LogP contribution in [0.4, 0.5) is 17.1 Å². The number of nitrogens with zero attached hydrogens (tertiary/aromatic N) is 3. The molecule has 0 unspecified atom stereocenters. The minimum Gasteiger partial charge on any atom is -0.272 e. The Kier molecular flexibility index (Phi) is 7.27. The number of anilines is 1. The molecule has 0 aliphatic heterocycles. The van der Waals surface area contributed by atoms with Crippen LogP contribution in [0.3, 0.4) is 0 Å². The second kappa shape index (κ2) is 10.7. The molecule has 7 rings (SSSR count). The molecule has 174 valence electrons. The van der Waals surface area contributed by atoms with E-state index in [-0.39, 0.29) is 17.1 Å². The van der Waals surface area contributed by atoms with Crippen molar-refractivity contribution in [1.82, 2.24) is 0 Å². The number of nitro groups is 2. The van der Waals surface area contributed by atoms with Crippen molar-refractivity contribution in [3.8, 4) is 0 Å². The smallest absolute Gasteiger partial charge is 0.272 e. The van der Waals surface area contributed by atoms with Crippen molar-refractivity contribution in [3.63, 3.8) is 0 Å². The highest BCUT2D eigenvalue weighted by Gasteiger charge is 2.19. The van der Waals surface area contributed by atoms with Crippen LogP contribution >= 0.6 is 0 Å². The Balaban J connectivity index is 1.61. The van der Waals surface area contributed by atoms with E-state index in [9.17, 15) is 20.2 Å². The molecule has 0 atom stereocenters. The number of hydrogen-bond donors (Lipinski definition) is 1. The molecule has 0 heterocycles. The topological polar surface area (TPSA) is 111 Å². The normalized spacial score (nSPS) is 15.4. The maximum atomic E-state index is 11.5. The summed E-state index contributed by atoms with van der Waals surface area (Å²) in [5.41, 5.74) is 8.01. The van der Waals surface area contributed by atoms with Crippen LogP contribution in [0.1, 0.15) is 41.5 Å². The second-order valence-corrected chi connectivity index (χ2v) is 8.52. The molecule has 3 aromatic carbocycles. The van der Waals surface area contributed by atoms with E-state index < -0.39 is 9.85 Å². The molecule has 0 fully saturated rings. The van der Waals surface area contributed by atoms with E-state index in [1.165, 1.54) is 35.2 Å². The standard InChI is InChI=1S/C26H26N4O4/c31-29(32)24-15-16-25(26(18-24)30(33)34)28-27-23-14-13-21-7-5-19(6-8-21)3-1-2-4-20-9-11-22(17-23)12-10-20/h5-12,15-16,18,28H,1-4,13-14,17H2. The predicted octanol–water partition coefficient (Wildman–Crippen LogP) is 6.03. The average Bonchev–Trinajstić information content (AvgIpc) is 2.84.